The summed E-state index contributed by atoms with van der Waals surface area (Å²) in [6.07, 6.45) is 1.08. The molecular formula is C27H22BrNO6. The number of aryl methyl sites for hydroxylation is 1. The maximum atomic E-state index is 13.1. The van der Waals surface area contributed by atoms with E-state index in [9.17, 15) is 14.4 Å². The number of carbonyl (C=O) groups is 3. The predicted octanol–water partition coefficient (Wildman–Crippen LogP) is 5.32. The van der Waals surface area contributed by atoms with Crippen LogP contribution in [-0.2, 0) is 23.8 Å². The Morgan fingerprint density at radius 3 is 2.09 bits per heavy atom. The summed E-state index contributed by atoms with van der Waals surface area (Å²) in [7, 11) is 3.76. The molecule has 0 aliphatic heterocycles. The van der Waals surface area contributed by atoms with E-state index < -0.39 is 17.9 Å². The van der Waals surface area contributed by atoms with Crippen molar-refractivity contribution in [3.05, 3.63) is 82.1 Å². The molecule has 0 N–H and O–H groups in total. The summed E-state index contributed by atoms with van der Waals surface area (Å²) < 4.78 is 17.7. The molecule has 0 saturated carbocycles. The molecule has 8 heteroatoms. The summed E-state index contributed by atoms with van der Waals surface area (Å²) in [6, 6.07) is 16.8. The van der Waals surface area contributed by atoms with Gasteiger partial charge in [0.25, 0.3) is 0 Å². The molecule has 1 aromatic carbocycles. The fourth-order valence-corrected chi connectivity index (χ4v) is 4.64. The molecule has 0 saturated heterocycles. The van der Waals surface area contributed by atoms with Gasteiger partial charge in [-0.1, -0.05) is 46.3 Å². The van der Waals surface area contributed by atoms with E-state index in [2.05, 4.69) is 15.9 Å². The molecule has 0 amide bonds. The van der Waals surface area contributed by atoms with Gasteiger partial charge in [0, 0.05) is 32.7 Å². The van der Waals surface area contributed by atoms with Crippen LogP contribution in [0.15, 0.2) is 65.1 Å². The normalized spacial score (nSPS) is 11.5. The molecule has 0 unspecified atom stereocenters. The molecule has 2 aliphatic carbocycles. The standard InChI is InChI=1S/C27H22BrNO6/c1-15-22-18-8-6-5-7-9-19(18)23(27(32)35-4)24(22)25(20(26(31)34-3)14-21(30)33-2)29(15)17-12-10-16(28)11-13-17/h5-14H,1-4H3/b20-14-. The number of ether oxygens (including phenoxy) is 3. The highest BCUT2D eigenvalue weighted by atomic mass is 79.9. The van der Waals surface area contributed by atoms with Crippen LogP contribution >= 0.6 is 15.9 Å². The Balaban J connectivity index is 2.29. The van der Waals surface area contributed by atoms with Crippen molar-refractivity contribution in [1.82, 2.24) is 4.57 Å². The zero-order chi connectivity index (χ0) is 25.3. The average molecular weight is 536 g/mol. The van der Waals surface area contributed by atoms with Crippen LogP contribution in [0.25, 0.3) is 33.2 Å². The van der Waals surface area contributed by atoms with Crippen LogP contribution in [0.2, 0.25) is 0 Å². The lowest BCUT2D eigenvalue weighted by Gasteiger charge is -2.15. The Morgan fingerprint density at radius 1 is 0.829 bits per heavy atom. The van der Waals surface area contributed by atoms with E-state index in [1.165, 1.54) is 21.3 Å². The van der Waals surface area contributed by atoms with Crippen LogP contribution in [0.3, 0.4) is 0 Å². The van der Waals surface area contributed by atoms with Crippen molar-refractivity contribution in [1.29, 1.82) is 0 Å². The van der Waals surface area contributed by atoms with E-state index in [1.807, 2.05) is 66.1 Å². The molecule has 35 heavy (non-hydrogen) atoms. The second-order valence-corrected chi connectivity index (χ2v) is 8.59. The first kappa shape index (κ1) is 24.2. The van der Waals surface area contributed by atoms with E-state index in [1.54, 1.807) is 0 Å². The van der Waals surface area contributed by atoms with Crippen molar-refractivity contribution in [3.63, 3.8) is 0 Å². The van der Waals surface area contributed by atoms with Gasteiger partial charge in [-0.3, -0.25) is 0 Å². The zero-order valence-electron chi connectivity index (χ0n) is 19.5. The lowest BCUT2D eigenvalue weighted by Crippen LogP contribution is -2.13. The highest BCUT2D eigenvalue weighted by Crippen LogP contribution is 2.46. The first-order chi connectivity index (χ1) is 16.8. The Bertz CT molecular complexity index is 1470. The Hall–Kier alpha value is -3.91. The van der Waals surface area contributed by atoms with Gasteiger partial charge in [-0.2, -0.15) is 0 Å². The Kier molecular flexibility index (Phi) is 6.75. The Labute approximate surface area is 210 Å². The monoisotopic (exact) mass is 535 g/mol. The van der Waals surface area contributed by atoms with Gasteiger partial charge in [0.15, 0.2) is 0 Å². The number of benzene rings is 1. The second-order valence-electron chi connectivity index (χ2n) is 7.67. The lowest BCUT2D eigenvalue weighted by molar-refractivity contribution is -0.136. The van der Waals surface area contributed by atoms with Crippen LogP contribution in [0, 0.1) is 6.92 Å². The van der Waals surface area contributed by atoms with Gasteiger partial charge in [0.2, 0.25) is 0 Å². The van der Waals surface area contributed by atoms with Crippen molar-refractivity contribution >= 4 is 50.2 Å². The number of hydrogen-bond acceptors (Lipinski definition) is 6. The van der Waals surface area contributed by atoms with E-state index in [0.29, 0.717) is 22.2 Å². The molecule has 0 spiro atoms. The van der Waals surface area contributed by atoms with Gasteiger partial charge in [0.1, 0.15) is 0 Å². The first-order valence-electron chi connectivity index (χ1n) is 10.6. The predicted molar refractivity (Wildman–Crippen MR) is 136 cm³/mol. The van der Waals surface area contributed by atoms with Gasteiger partial charge in [-0.15, -0.1) is 0 Å². The van der Waals surface area contributed by atoms with E-state index in [4.69, 9.17) is 14.2 Å². The summed E-state index contributed by atoms with van der Waals surface area (Å²) in [6.45, 7) is 1.90. The van der Waals surface area contributed by atoms with Crippen molar-refractivity contribution in [2.75, 3.05) is 21.3 Å². The largest absolute Gasteiger partial charge is 0.466 e. The Morgan fingerprint density at radius 2 is 1.49 bits per heavy atom. The quantitative estimate of drug-likeness (QED) is 0.195. The molecule has 4 rings (SSSR count). The number of carbonyl (C=O) groups excluding carboxylic acids is 3. The molecule has 178 valence electrons. The summed E-state index contributed by atoms with van der Waals surface area (Å²) in [5, 5.41) is 1.24. The van der Waals surface area contributed by atoms with Crippen LogP contribution in [-0.4, -0.2) is 43.8 Å². The summed E-state index contributed by atoms with van der Waals surface area (Å²) in [4.78, 5) is 38.5. The molecule has 7 nitrogen and oxygen atoms in total. The van der Waals surface area contributed by atoms with Crippen LogP contribution in [0.5, 0.6) is 0 Å². The first-order valence-corrected chi connectivity index (χ1v) is 11.4. The van der Waals surface area contributed by atoms with Crippen LogP contribution in [0.1, 0.15) is 21.7 Å². The third-order valence-corrected chi connectivity index (χ3v) is 6.36. The molecule has 1 heterocycles. The number of aromatic nitrogens is 1. The third kappa shape index (κ3) is 4.10. The number of halogens is 1. The van der Waals surface area contributed by atoms with Gasteiger partial charge in [-0.25, -0.2) is 14.4 Å². The van der Waals surface area contributed by atoms with E-state index >= 15 is 0 Å². The highest BCUT2D eigenvalue weighted by Gasteiger charge is 2.33. The number of nitrogens with zero attached hydrogens (tertiary/aromatic N) is 1. The number of rotatable bonds is 5. The number of fused-ring (bicyclic) bond motifs is 3. The molecule has 2 aromatic rings. The fourth-order valence-electron chi connectivity index (χ4n) is 4.37. The third-order valence-electron chi connectivity index (χ3n) is 5.83. The maximum Gasteiger partial charge on any atom is 0.340 e. The zero-order valence-corrected chi connectivity index (χ0v) is 21.1. The summed E-state index contributed by atoms with van der Waals surface area (Å²) >= 11 is 3.45. The molecular weight excluding hydrogens is 514 g/mol. The molecule has 0 atom stereocenters. The van der Waals surface area contributed by atoms with Crippen molar-refractivity contribution in [2.45, 2.75) is 6.92 Å². The maximum absolute atomic E-state index is 13.1. The average Bonchev–Trinajstić information content (AvgIpc) is 3.21. The van der Waals surface area contributed by atoms with Gasteiger partial charge < -0.3 is 18.8 Å². The smallest absolute Gasteiger partial charge is 0.340 e. The van der Waals surface area contributed by atoms with Crippen LogP contribution < -0.4 is 0 Å². The minimum Gasteiger partial charge on any atom is -0.466 e. The minimum atomic E-state index is -0.750. The minimum absolute atomic E-state index is 0.0507. The van der Waals surface area contributed by atoms with E-state index in [0.717, 1.165) is 32.9 Å². The topological polar surface area (TPSA) is 83.8 Å². The lowest BCUT2D eigenvalue weighted by atomic mass is 10.0. The van der Waals surface area contributed by atoms with Gasteiger partial charge >= 0.3 is 17.9 Å². The number of esters is 3. The molecule has 1 aromatic heterocycles. The van der Waals surface area contributed by atoms with Crippen molar-refractivity contribution in [2.24, 2.45) is 0 Å². The van der Waals surface area contributed by atoms with Crippen LogP contribution in [0.4, 0.5) is 0 Å². The highest BCUT2D eigenvalue weighted by molar-refractivity contribution is 9.10. The molecule has 2 aliphatic rings. The second kappa shape index (κ2) is 9.76. The molecule has 0 bridgehead atoms. The summed E-state index contributed by atoms with van der Waals surface area (Å²) in [5.41, 5.74) is 3.54. The number of hydrogen-bond donors (Lipinski definition) is 0. The fraction of sp³-hybridized carbons (Fsp3) is 0.148. The number of methoxy groups -OCH3 is 3. The molecule has 0 radical (unpaired) electrons. The van der Waals surface area contributed by atoms with E-state index in [-0.39, 0.29) is 5.57 Å². The van der Waals surface area contributed by atoms with Gasteiger partial charge in [-0.05, 0) is 42.3 Å². The molecule has 0 fully saturated rings. The van der Waals surface area contributed by atoms with Crippen molar-refractivity contribution < 1.29 is 28.6 Å². The summed E-state index contributed by atoms with van der Waals surface area (Å²) in [5.74, 6) is -2.05. The SMILES string of the molecule is COC(=O)/C=C(\C(=O)OC)c1c2c(C(=O)OC)c3cccccc-3c2c(C)n1-c1ccc(Br)cc1. The van der Waals surface area contributed by atoms with Gasteiger partial charge in [0.05, 0.1) is 38.2 Å². The van der Waals surface area contributed by atoms with Crippen molar-refractivity contribution in [3.8, 4) is 16.8 Å².